The van der Waals surface area contributed by atoms with Crippen molar-refractivity contribution in [3.63, 3.8) is 0 Å². The van der Waals surface area contributed by atoms with Crippen LogP contribution in [0.25, 0.3) is 5.57 Å². The Morgan fingerprint density at radius 3 is 1.90 bits per heavy atom. The predicted octanol–water partition coefficient (Wildman–Crippen LogP) is 4.26. The fraction of sp³-hybridized carbons (Fsp3) is 0.467. The van der Waals surface area contributed by atoms with Gasteiger partial charge in [-0.2, -0.15) is 13.2 Å². The second-order valence-corrected chi connectivity index (χ2v) is 6.07. The Balaban J connectivity index is 2.36. The van der Waals surface area contributed by atoms with Crippen molar-refractivity contribution in [2.24, 2.45) is 0 Å². The van der Waals surface area contributed by atoms with Gasteiger partial charge < -0.3 is 9.31 Å². The molecule has 0 saturated carbocycles. The van der Waals surface area contributed by atoms with E-state index in [1.165, 1.54) is 12.1 Å². The fourth-order valence-electron chi connectivity index (χ4n) is 2.06. The number of allylic oxidation sites excluding steroid dienone is 1. The SMILES string of the molecule is CC1(C)OB(C=C(c2ccccc2)C(F)(F)F)OC1(C)C. The van der Waals surface area contributed by atoms with Crippen LogP contribution in [0.15, 0.2) is 36.3 Å². The van der Waals surface area contributed by atoms with E-state index in [4.69, 9.17) is 9.31 Å². The highest BCUT2D eigenvalue weighted by molar-refractivity contribution is 6.53. The average molecular weight is 298 g/mol. The van der Waals surface area contributed by atoms with Crippen LogP contribution < -0.4 is 0 Å². The molecule has 1 heterocycles. The van der Waals surface area contributed by atoms with E-state index in [9.17, 15) is 13.2 Å². The summed E-state index contributed by atoms with van der Waals surface area (Å²) < 4.78 is 51.0. The van der Waals surface area contributed by atoms with Crippen molar-refractivity contribution in [1.29, 1.82) is 0 Å². The van der Waals surface area contributed by atoms with Gasteiger partial charge in [0.1, 0.15) is 0 Å². The molecular weight excluding hydrogens is 280 g/mol. The molecule has 0 unspecified atom stereocenters. The topological polar surface area (TPSA) is 18.5 Å². The first kappa shape index (κ1) is 16.1. The molecule has 0 amide bonds. The van der Waals surface area contributed by atoms with Crippen molar-refractivity contribution in [3.8, 4) is 0 Å². The highest BCUT2D eigenvalue weighted by Gasteiger charge is 2.51. The average Bonchev–Trinajstić information content (AvgIpc) is 2.54. The monoisotopic (exact) mass is 298 g/mol. The molecule has 0 bridgehead atoms. The third-order valence-electron chi connectivity index (χ3n) is 3.96. The van der Waals surface area contributed by atoms with Gasteiger partial charge in [-0.3, -0.25) is 0 Å². The van der Waals surface area contributed by atoms with Crippen molar-refractivity contribution in [1.82, 2.24) is 0 Å². The molecule has 1 aromatic rings. The molecule has 1 aliphatic rings. The van der Waals surface area contributed by atoms with E-state index in [1.807, 2.05) is 0 Å². The molecular formula is C15H18BF3O2. The highest BCUT2D eigenvalue weighted by Crippen LogP contribution is 2.40. The number of hydrogen-bond donors (Lipinski definition) is 0. The van der Waals surface area contributed by atoms with Crippen LogP contribution >= 0.6 is 0 Å². The Morgan fingerprint density at radius 1 is 1.00 bits per heavy atom. The van der Waals surface area contributed by atoms with Gasteiger partial charge in [0.2, 0.25) is 0 Å². The highest BCUT2D eigenvalue weighted by atomic mass is 19.4. The Kier molecular flexibility index (Phi) is 3.97. The van der Waals surface area contributed by atoms with Crippen LogP contribution in [0.1, 0.15) is 33.3 Å². The summed E-state index contributed by atoms with van der Waals surface area (Å²) in [5.41, 5.74) is -1.98. The van der Waals surface area contributed by atoms with Crippen LogP contribution in [0.3, 0.4) is 0 Å². The summed E-state index contributed by atoms with van der Waals surface area (Å²) in [7, 11) is -1.02. The van der Waals surface area contributed by atoms with Gasteiger partial charge in [-0.15, -0.1) is 0 Å². The summed E-state index contributed by atoms with van der Waals surface area (Å²) in [6, 6.07) is 7.65. The summed E-state index contributed by atoms with van der Waals surface area (Å²) in [6.45, 7) is 7.21. The molecule has 21 heavy (non-hydrogen) atoms. The van der Waals surface area contributed by atoms with Crippen LogP contribution in [0, 0.1) is 0 Å². The smallest absolute Gasteiger partial charge is 0.400 e. The van der Waals surface area contributed by atoms with E-state index in [0.717, 1.165) is 5.98 Å². The lowest BCUT2D eigenvalue weighted by Crippen LogP contribution is -2.41. The lowest BCUT2D eigenvalue weighted by atomic mass is 9.84. The number of hydrogen-bond acceptors (Lipinski definition) is 2. The molecule has 0 N–H and O–H groups in total. The van der Waals surface area contributed by atoms with Crippen molar-refractivity contribution >= 4 is 12.7 Å². The Morgan fingerprint density at radius 2 is 1.48 bits per heavy atom. The summed E-state index contributed by atoms with van der Waals surface area (Å²) in [4.78, 5) is 0. The number of rotatable bonds is 2. The maximum absolute atomic E-state index is 13.3. The first-order valence-corrected chi connectivity index (χ1v) is 6.73. The van der Waals surface area contributed by atoms with Crippen LogP contribution in [-0.2, 0) is 9.31 Å². The molecule has 0 radical (unpaired) electrons. The number of alkyl halides is 3. The molecule has 0 spiro atoms. The first-order chi connectivity index (χ1) is 9.53. The van der Waals surface area contributed by atoms with Gasteiger partial charge in [0.15, 0.2) is 0 Å². The van der Waals surface area contributed by atoms with Gasteiger partial charge in [0, 0.05) is 0 Å². The molecule has 1 fully saturated rings. The van der Waals surface area contributed by atoms with E-state index >= 15 is 0 Å². The minimum Gasteiger partial charge on any atom is -0.400 e. The summed E-state index contributed by atoms with van der Waals surface area (Å²) in [5, 5.41) is 0. The standard InChI is InChI=1S/C15H18BF3O2/c1-13(2)14(3,4)21-16(20-13)10-12(15(17,18)19)11-8-6-5-7-9-11/h5-10H,1-4H3. The molecule has 0 aliphatic carbocycles. The molecule has 0 atom stereocenters. The van der Waals surface area contributed by atoms with Gasteiger partial charge in [0.25, 0.3) is 0 Å². The molecule has 1 saturated heterocycles. The van der Waals surface area contributed by atoms with Crippen LogP contribution in [0.2, 0.25) is 0 Å². The maximum Gasteiger partial charge on any atom is 0.487 e. The lowest BCUT2D eigenvalue weighted by molar-refractivity contribution is -0.0689. The fourth-order valence-corrected chi connectivity index (χ4v) is 2.06. The minimum atomic E-state index is -4.47. The second-order valence-electron chi connectivity index (χ2n) is 6.07. The van der Waals surface area contributed by atoms with E-state index in [1.54, 1.807) is 45.9 Å². The number of halogens is 3. The normalized spacial score (nSPS) is 21.7. The van der Waals surface area contributed by atoms with Gasteiger partial charge in [0.05, 0.1) is 16.8 Å². The molecule has 2 nitrogen and oxygen atoms in total. The zero-order valence-electron chi connectivity index (χ0n) is 12.5. The summed E-state index contributed by atoms with van der Waals surface area (Å²) >= 11 is 0. The predicted molar refractivity (Wildman–Crippen MR) is 76.6 cm³/mol. The zero-order valence-corrected chi connectivity index (χ0v) is 12.5. The molecule has 0 aromatic heterocycles. The van der Waals surface area contributed by atoms with Crippen molar-refractivity contribution in [3.05, 3.63) is 41.9 Å². The van der Waals surface area contributed by atoms with Gasteiger partial charge >= 0.3 is 13.3 Å². The third-order valence-corrected chi connectivity index (χ3v) is 3.96. The lowest BCUT2D eigenvalue weighted by Gasteiger charge is -2.32. The largest absolute Gasteiger partial charge is 0.487 e. The Bertz CT molecular complexity index is 520. The summed E-state index contributed by atoms with van der Waals surface area (Å²) in [5.74, 6) is 1.01. The van der Waals surface area contributed by atoms with Crippen molar-refractivity contribution < 1.29 is 22.5 Å². The van der Waals surface area contributed by atoms with E-state index in [0.29, 0.717) is 0 Å². The molecule has 6 heteroatoms. The Labute approximate surface area is 123 Å². The molecule has 1 aromatic carbocycles. The van der Waals surface area contributed by atoms with Gasteiger partial charge in [-0.05, 0) is 39.2 Å². The summed E-state index contributed by atoms with van der Waals surface area (Å²) in [6.07, 6.45) is -4.47. The van der Waals surface area contributed by atoms with Crippen molar-refractivity contribution in [2.75, 3.05) is 0 Å². The molecule has 1 aliphatic heterocycles. The zero-order chi connectivity index (χ0) is 15.9. The van der Waals surface area contributed by atoms with E-state index in [2.05, 4.69) is 0 Å². The maximum atomic E-state index is 13.3. The molecule has 114 valence electrons. The molecule has 2 rings (SSSR count). The van der Waals surface area contributed by atoms with E-state index < -0.39 is 30.1 Å². The second kappa shape index (κ2) is 5.18. The number of benzene rings is 1. The van der Waals surface area contributed by atoms with Crippen LogP contribution in [0.5, 0.6) is 0 Å². The van der Waals surface area contributed by atoms with E-state index in [-0.39, 0.29) is 5.56 Å². The van der Waals surface area contributed by atoms with Crippen LogP contribution in [-0.4, -0.2) is 24.5 Å². The Hall–Kier alpha value is -1.27. The quantitative estimate of drug-likeness (QED) is 0.759. The minimum absolute atomic E-state index is 0.0970. The van der Waals surface area contributed by atoms with Gasteiger partial charge in [-0.1, -0.05) is 30.3 Å². The first-order valence-electron chi connectivity index (χ1n) is 6.73. The van der Waals surface area contributed by atoms with Crippen LogP contribution in [0.4, 0.5) is 13.2 Å². The third kappa shape index (κ3) is 3.32. The van der Waals surface area contributed by atoms with Crippen molar-refractivity contribution in [2.45, 2.75) is 45.1 Å². The van der Waals surface area contributed by atoms with Gasteiger partial charge in [-0.25, -0.2) is 0 Å².